The van der Waals surface area contributed by atoms with Crippen molar-refractivity contribution < 1.29 is 5.11 Å². The van der Waals surface area contributed by atoms with Gasteiger partial charge >= 0.3 is 0 Å². The van der Waals surface area contributed by atoms with Crippen molar-refractivity contribution in [1.29, 1.82) is 0 Å². The molecule has 0 aliphatic carbocycles. The lowest BCUT2D eigenvalue weighted by atomic mass is 10.4. The highest BCUT2D eigenvalue weighted by Gasteiger charge is 2.03. The third kappa shape index (κ3) is 1.71. The predicted molar refractivity (Wildman–Crippen MR) is 49.1 cm³/mol. The van der Waals surface area contributed by atoms with Crippen molar-refractivity contribution in [3.05, 3.63) is 29.5 Å². The molecule has 2 heterocycles. The van der Waals surface area contributed by atoms with Crippen LogP contribution >= 0.6 is 11.3 Å². The normalized spacial score (nSPS) is 10.2. The zero-order valence-corrected chi connectivity index (χ0v) is 7.53. The number of hydrogen-bond acceptors (Lipinski definition) is 5. The number of rotatable bonds is 2. The molecular weight excluding hydrogens is 186 g/mol. The summed E-state index contributed by atoms with van der Waals surface area (Å²) >= 11 is 1.48. The Morgan fingerprint density at radius 2 is 2.23 bits per heavy atom. The van der Waals surface area contributed by atoms with Gasteiger partial charge in [0, 0.05) is 17.8 Å². The molecule has 0 aliphatic rings. The van der Waals surface area contributed by atoms with Crippen molar-refractivity contribution in [2.75, 3.05) is 0 Å². The number of thiazole rings is 1. The minimum atomic E-state index is -0.0686. The minimum Gasteiger partial charge on any atom is -0.390 e. The minimum absolute atomic E-state index is 0.0686. The summed E-state index contributed by atoms with van der Waals surface area (Å²) in [5.41, 5.74) is 0.611. The fraction of sp³-hybridized carbons (Fsp3) is 0.125. The van der Waals surface area contributed by atoms with Crippen LogP contribution in [0.5, 0.6) is 0 Å². The SMILES string of the molecule is OCc1ccnc(-c2nccs2)n1. The molecule has 5 heteroatoms. The molecule has 0 aromatic carbocycles. The van der Waals surface area contributed by atoms with Crippen LogP contribution in [0.2, 0.25) is 0 Å². The van der Waals surface area contributed by atoms with Gasteiger partial charge in [-0.25, -0.2) is 15.0 Å². The van der Waals surface area contributed by atoms with Gasteiger partial charge in [-0.05, 0) is 6.07 Å². The average Bonchev–Trinajstić information content (AvgIpc) is 2.71. The van der Waals surface area contributed by atoms with Crippen molar-refractivity contribution in [2.45, 2.75) is 6.61 Å². The summed E-state index contributed by atoms with van der Waals surface area (Å²) in [4.78, 5) is 12.2. The molecule has 2 rings (SSSR count). The van der Waals surface area contributed by atoms with Crippen molar-refractivity contribution in [3.8, 4) is 10.8 Å². The van der Waals surface area contributed by atoms with Gasteiger partial charge in [0.1, 0.15) is 0 Å². The van der Waals surface area contributed by atoms with E-state index in [0.717, 1.165) is 5.01 Å². The first-order valence-corrected chi connectivity index (χ1v) is 4.61. The number of aliphatic hydroxyl groups excluding tert-OH is 1. The van der Waals surface area contributed by atoms with Crippen LogP contribution in [0.3, 0.4) is 0 Å². The number of aromatic nitrogens is 3. The van der Waals surface area contributed by atoms with E-state index in [2.05, 4.69) is 15.0 Å². The molecule has 2 aromatic heterocycles. The van der Waals surface area contributed by atoms with E-state index in [1.54, 1.807) is 18.5 Å². The molecule has 13 heavy (non-hydrogen) atoms. The Labute approximate surface area is 78.9 Å². The molecular formula is C8H7N3OS. The molecule has 0 bridgehead atoms. The largest absolute Gasteiger partial charge is 0.390 e. The number of hydrogen-bond donors (Lipinski definition) is 1. The van der Waals surface area contributed by atoms with Crippen molar-refractivity contribution >= 4 is 11.3 Å². The van der Waals surface area contributed by atoms with Crippen molar-refractivity contribution in [2.24, 2.45) is 0 Å². The highest BCUT2D eigenvalue weighted by Crippen LogP contribution is 2.16. The van der Waals surface area contributed by atoms with Gasteiger partial charge in [-0.1, -0.05) is 0 Å². The summed E-state index contributed by atoms with van der Waals surface area (Å²) in [5.74, 6) is 0.571. The van der Waals surface area contributed by atoms with E-state index in [1.165, 1.54) is 11.3 Å². The van der Waals surface area contributed by atoms with Gasteiger partial charge in [-0.15, -0.1) is 11.3 Å². The lowest BCUT2D eigenvalue weighted by Gasteiger charge is -1.96. The van der Waals surface area contributed by atoms with Crippen LogP contribution in [-0.4, -0.2) is 20.1 Å². The van der Waals surface area contributed by atoms with Crippen LogP contribution in [0, 0.1) is 0 Å². The maximum atomic E-state index is 8.85. The van der Waals surface area contributed by atoms with Crippen LogP contribution in [0.4, 0.5) is 0 Å². The second-order valence-electron chi connectivity index (χ2n) is 2.37. The highest BCUT2D eigenvalue weighted by molar-refractivity contribution is 7.12. The van der Waals surface area contributed by atoms with E-state index in [-0.39, 0.29) is 6.61 Å². The molecule has 66 valence electrons. The van der Waals surface area contributed by atoms with Gasteiger partial charge in [0.2, 0.25) is 0 Å². The zero-order chi connectivity index (χ0) is 9.10. The standard InChI is InChI=1S/C8H7N3OS/c12-5-6-1-2-9-7(11-6)8-10-3-4-13-8/h1-4,12H,5H2. The molecule has 4 nitrogen and oxygen atoms in total. The Morgan fingerprint density at radius 1 is 1.31 bits per heavy atom. The summed E-state index contributed by atoms with van der Waals surface area (Å²) < 4.78 is 0. The Morgan fingerprint density at radius 3 is 2.92 bits per heavy atom. The summed E-state index contributed by atoms with van der Waals surface area (Å²) in [6.07, 6.45) is 3.32. The van der Waals surface area contributed by atoms with E-state index in [9.17, 15) is 0 Å². The fourth-order valence-corrected chi connectivity index (χ4v) is 1.50. The summed E-state index contributed by atoms with van der Waals surface area (Å²) in [6, 6.07) is 1.68. The third-order valence-corrected chi connectivity index (χ3v) is 2.27. The maximum Gasteiger partial charge on any atom is 0.189 e. The van der Waals surface area contributed by atoms with Gasteiger partial charge in [0.05, 0.1) is 12.3 Å². The number of nitrogens with zero attached hydrogens (tertiary/aromatic N) is 3. The average molecular weight is 193 g/mol. The molecule has 0 atom stereocenters. The molecule has 0 unspecified atom stereocenters. The topological polar surface area (TPSA) is 58.9 Å². The predicted octanol–water partition coefficient (Wildman–Crippen LogP) is 1.09. The Kier molecular flexibility index (Phi) is 2.29. The van der Waals surface area contributed by atoms with Crippen LogP contribution in [0.1, 0.15) is 5.69 Å². The second kappa shape index (κ2) is 3.59. The molecule has 2 aromatic rings. The smallest absolute Gasteiger partial charge is 0.189 e. The van der Waals surface area contributed by atoms with E-state index in [4.69, 9.17) is 5.11 Å². The van der Waals surface area contributed by atoms with Crippen molar-refractivity contribution in [3.63, 3.8) is 0 Å². The molecule has 1 N–H and O–H groups in total. The fourth-order valence-electron chi connectivity index (χ4n) is 0.921. The van der Waals surface area contributed by atoms with Gasteiger partial charge in [-0.3, -0.25) is 0 Å². The van der Waals surface area contributed by atoms with E-state index in [0.29, 0.717) is 11.5 Å². The monoisotopic (exact) mass is 193 g/mol. The van der Waals surface area contributed by atoms with Gasteiger partial charge in [-0.2, -0.15) is 0 Å². The summed E-state index contributed by atoms with van der Waals surface area (Å²) in [6.45, 7) is -0.0686. The van der Waals surface area contributed by atoms with Gasteiger partial charge in [0.15, 0.2) is 10.8 Å². The summed E-state index contributed by atoms with van der Waals surface area (Å²) in [5, 5.41) is 11.5. The van der Waals surface area contributed by atoms with Gasteiger partial charge < -0.3 is 5.11 Å². The Balaban J connectivity index is 2.41. The molecule has 0 radical (unpaired) electrons. The summed E-state index contributed by atoms with van der Waals surface area (Å²) in [7, 11) is 0. The van der Waals surface area contributed by atoms with E-state index < -0.39 is 0 Å². The first-order valence-electron chi connectivity index (χ1n) is 3.73. The molecule has 0 amide bonds. The Hall–Kier alpha value is -1.33. The molecule has 0 saturated carbocycles. The molecule has 0 fully saturated rings. The van der Waals surface area contributed by atoms with Crippen LogP contribution in [0.15, 0.2) is 23.8 Å². The molecule has 0 spiro atoms. The van der Waals surface area contributed by atoms with E-state index in [1.807, 2.05) is 5.38 Å². The zero-order valence-electron chi connectivity index (χ0n) is 6.71. The van der Waals surface area contributed by atoms with Crippen LogP contribution in [-0.2, 0) is 6.61 Å². The lowest BCUT2D eigenvalue weighted by molar-refractivity contribution is 0.277. The second-order valence-corrected chi connectivity index (χ2v) is 3.26. The quantitative estimate of drug-likeness (QED) is 0.775. The first kappa shape index (κ1) is 8.28. The van der Waals surface area contributed by atoms with Crippen LogP contribution < -0.4 is 0 Å². The maximum absolute atomic E-state index is 8.85. The molecule has 0 aliphatic heterocycles. The highest BCUT2D eigenvalue weighted by atomic mass is 32.1. The first-order chi connectivity index (χ1) is 6.40. The lowest BCUT2D eigenvalue weighted by Crippen LogP contribution is -1.93. The third-order valence-electron chi connectivity index (χ3n) is 1.50. The van der Waals surface area contributed by atoms with E-state index >= 15 is 0 Å². The van der Waals surface area contributed by atoms with Crippen molar-refractivity contribution in [1.82, 2.24) is 15.0 Å². The Bertz CT molecular complexity index is 388. The van der Waals surface area contributed by atoms with Gasteiger partial charge in [0.25, 0.3) is 0 Å². The number of aliphatic hydroxyl groups is 1. The van der Waals surface area contributed by atoms with Crippen LogP contribution in [0.25, 0.3) is 10.8 Å². The molecule has 0 saturated heterocycles.